The monoisotopic (exact) mass is 638 g/mol. The van der Waals surface area contributed by atoms with Gasteiger partial charge in [-0.25, -0.2) is 18.0 Å². The van der Waals surface area contributed by atoms with Crippen LogP contribution in [0.5, 0.6) is 0 Å². The van der Waals surface area contributed by atoms with Gasteiger partial charge in [-0.1, -0.05) is 41.6 Å². The molecular weight excluding hydrogens is 609 g/mol. The van der Waals surface area contributed by atoms with Gasteiger partial charge >= 0.3 is 5.76 Å². The number of ether oxygens (including phenoxy) is 1. The van der Waals surface area contributed by atoms with Gasteiger partial charge < -0.3 is 9.64 Å². The van der Waals surface area contributed by atoms with E-state index >= 15 is 0 Å². The molecule has 2 aromatic heterocycles. The first-order valence-electron chi connectivity index (χ1n) is 15.7. The van der Waals surface area contributed by atoms with Crippen molar-refractivity contribution in [3.8, 4) is 22.5 Å². The highest BCUT2D eigenvalue weighted by molar-refractivity contribution is 6.08. The first-order chi connectivity index (χ1) is 22.8. The number of H-pyrrole nitrogens is 1. The van der Waals surface area contributed by atoms with E-state index in [1.54, 1.807) is 12.1 Å². The molecule has 0 spiro atoms. The standard InChI is InChI=1S/C36H29F3N4O4/c37-23-9-3-19(4-10-23)6-13-27-31(34-41-36(45)47-42-34)30(32-33(40-27)28-2-1-15-43(28)35(32)44)22-7-11-24-21(17-22)8-14-29(24)46-18-20-5-12-25(38)26(39)16-20/h3-5,7,9-12,16-17,28-29H,1-2,6,8,13-15,18H2,(H,41,42,45)/t28-,29-/m0/s1. The Morgan fingerprint density at radius 2 is 1.72 bits per heavy atom. The fourth-order valence-corrected chi connectivity index (χ4v) is 7.26. The van der Waals surface area contributed by atoms with E-state index in [0.29, 0.717) is 53.8 Å². The highest BCUT2D eigenvalue weighted by atomic mass is 19.2. The van der Waals surface area contributed by atoms with Crippen molar-refractivity contribution in [3.63, 3.8) is 0 Å². The summed E-state index contributed by atoms with van der Waals surface area (Å²) in [6.07, 6.45) is 3.88. The average molecular weight is 639 g/mol. The van der Waals surface area contributed by atoms with Crippen molar-refractivity contribution in [1.82, 2.24) is 20.0 Å². The van der Waals surface area contributed by atoms with Crippen LogP contribution < -0.4 is 5.76 Å². The van der Waals surface area contributed by atoms with Crippen molar-refractivity contribution in [2.24, 2.45) is 0 Å². The number of aryl methyl sites for hydroxylation is 3. The molecule has 3 aliphatic rings. The van der Waals surface area contributed by atoms with Crippen LogP contribution in [-0.4, -0.2) is 32.5 Å². The molecular formula is C36H29F3N4O4. The van der Waals surface area contributed by atoms with Gasteiger partial charge in [0.15, 0.2) is 17.5 Å². The molecule has 8 nitrogen and oxygen atoms in total. The highest BCUT2D eigenvalue weighted by Crippen LogP contribution is 2.48. The quantitative estimate of drug-likeness (QED) is 0.201. The molecule has 1 fully saturated rings. The summed E-state index contributed by atoms with van der Waals surface area (Å²) in [5.74, 6) is -2.78. The number of carbonyl (C=O) groups is 1. The predicted molar refractivity (Wildman–Crippen MR) is 165 cm³/mol. The Labute approximate surface area is 267 Å². The second-order valence-corrected chi connectivity index (χ2v) is 12.3. The van der Waals surface area contributed by atoms with Gasteiger partial charge in [0.25, 0.3) is 5.91 Å². The Morgan fingerprint density at radius 3 is 2.51 bits per heavy atom. The third-order valence-corrected chi connectivity index (χ3v) is 9.47. The van der Waals surface area contributed by atoms with Crippen LogP contribution in [-0.2, 0) is 30.6 Å². The molecule has 238 valence electrons. The number of rotatable bonds is 8. The normalized spacial score (nSPS) is 18.1. The van der Waals surface area contributed by atoms with Gasteiger partial charge in [-0.05, 0) is 90.6 Å². The molecule has 4 heterocycles. The molecule has 8 rings (SSSR count). The zero-order valence-electron chi connectivity index (χ0n) is 25.2. The minimum absolute atomic E-state index is 0.101. The lowest BCUT2D eigenvalue weighted by Gasteiger charge is -2.18. The Morgan fingerprint density at radius 1 is 0.894 bits per heavy atom. The molecule has 0 saturated carbocycles. The van der Waals surface area contributed by atoms with Crippen LogP contribution in [0.3, 0.4) is 0 Å². The molecule has 47 heavy (non-hydrogen) atoms. The Balaban J connectivity index is 1.22. The summed E-state index contributed by atoms with van der Waals surface area (Å²) < 4.78 is 51.9. The number of aromatic amines is 1. The molecule has 0 radical (unpaired) electrons. The summed E-state index contributed by atoms with van der Waals surface area (Å²) >= 11 is 0. The van der Waals surface area contributed by atoms with E-state index in [1.165, 1.54) is 18.2 Å². The molecule has 5 aromatic rings. The zero-order valence-corrected chi connectivity index (χ0v) is 25.2. The van der Waals surface area contributed by atoms with E-state index in [0.717, 1.165) is 59.3 Å². The molecule has 0 bridgehead atoms. The fraction of sp³-hybridized carbons (Fsp3) is 0.278. The third kappa shape index (κ3) is 5.24. The van der Waals surface area contributed by atoms with E-state index in [2.05, 4.69) is 10.1 Å². The number of benzene rings is 3. The van der Waals surface area contributed by atoms with Crippen molar-refractivity contribution in [2.75, 3.05) is 6.54 Å². The second kappa shape index (κ2) is 11.6. The van der Waals surface area contributed by atoms with Crippen LogP contribution in [0.1, 0.15) is 75.4 Å². The van der Waals surface area contributed by atoms with Crippen LogP contribution in [0.2, 0.25) is 0 Å². The summed E-state index contributed by atoms with van der Waals surface area (Å²) in [6, 6.07) is 15.9. The molecule has 1 amide bonds. The van der Waals surface area contributed by atoms with Crippen LogP contribution in [0.25, 0.3) is 22.5 Å². The smallest absolute Gasteiger partial charge is 0.369 e. The minimum Gasteiger partial charge on any atom is -0.369 e. The fourth-order valence-electron chi connectivity index (χ4n) is 7.26. The molecule has 1 N–H and O–H groups in total. The van der Waals surface area contributed by atoms with Crippen LogP contribution in [0.4, 0.5) is 13.2 Å². The number of fused-ring (bicyclic) bond motifs is 4. The maximum atomic E-state index is 14.0. The highest BCUT2D eigenvalue weighted by Gasteiger charge is 2.44. The van der Waals surface area contributed by atoms with E-state index in [4.69, 9.17) is 14.2 Å². The molecule has 1 saturated heterocycles. The van der Waals surface area contributed by atoms with Gasteiger partial charge in [0.2, 0.25) is 0 Å². The number of pyridine rings is 1. The molecule has 0 unspecified atom stereocenters. The third-order valence-electron chi connectivity index (χ3n) is 9.47. The Hall–Kier alpha value is -5.03. The summed E-state index contributed by atoms with van der Waals surface area (Å²) in [5, 5.41) is 4.04. The van der Waals surface area contributed by atoms with Crippen LogP contribution >= 0.6 is 0 Å². The van der Waals surface area contributed by atoms with Crippen molar-refractivity contribution in [2.45, 2.75) is 57.3 Å². The first kappa shape index (κ1) is 29.4. The molecule has 2 atom stereocenters. The number of hydrogen-bond donors (Lipinski definition) is 1. The van der Waals surface area contributed by atoms with E-state index in [1.807, 2.05) is 23.1 Å². The lowest BCUT2D eigenvalue weighted by Crippen LogP contribution is -2.23. The van der Waals surface area contributed by atoms with Crippen LogP contribution in [0.15, 0.2) is 70.0 Å². The number of halogens is 3. The van der Waals surface area contributed by atoms with Gasteiger partial charge in [-0.2, -0.15) is 0 Å². The predicted octanol–water partition coefficient (Wildman–Crippen LogP) is 6.79. The molecule has 11 heteroatoms. The minimum atomic E-state index is -0.913. The Kier molecular flexibility index (Phi) is 7.28. The molecule has 1 aliphatic carbocycles. The number of nitrogens with one attached hydrogen (secondary N) is 1. The number of carbonyl (C=O) groups excluding carboxylic acids is 1. The van der Waals surface area contributed by atoms with E-state index in [9.17, 15) is 22.8 Å². The van der Waals surface area contributed by atoms with Gasteiger partial charge in [-0.15, -0.1) is 0 Å². The maximum Gasteiger partial charge on any atom is 0.439 e. The Bertz CT molecular complexity index is 2090. The molecule has 3 aromatic carbocycles. The second-order valence-electron chi connectivity index (χ2n) is 12.3. The number of aromatic nitrogens is 3. The van der Waals surface area contributed by atoms with Crippen molar-refractivity contribution in [1.29, 1.82) is 0 Å². The van der Waals surface area contributed by atoms with Gasteiger partial charge in [0, 0.05) is 12.1 Å². The number of amides is 1. The maximum absolute atomic E-state index is 14.0. The number of hydrogen-bond acceptors (Lipinski definition) is 6. The lowest BCUT2D eigenvalue weighted by atomic mass is 9.88. The summed E-state index contributed by atoms with van der Waals surface area (Å²) in [5.41, 5.74) is 7.31. The topological polar surface area (TPSA) is 101 Å². The summed E-state index contributed by atoms with van der Waals surface area (Å²) in [4.78, 5) is 35.9. The van der Waals surface area contributed by atoms with E-state index in [-0.39, 0.29) is 36.3 Å². The SMILES string of the molecule is O=C1c2c(nc(CCc3ccc(F)cc3)c(-c3noc(=O)[nH]3)c2-c2ccc3c(c2)CC[C@@H]3OCc2ccc(F)c(F)c2)[C@@H]2CCCN12. The largest absolute Gasteiger partial charge is 0.439 e. The van der Waals surface area contributed by atoms with Crippen molar-refractivity contribution in [3.05, 3.63) is 128 Å². The van der Waals surface area contributed by atoms with E-state index < -0.39 is 17.4 Å². The number of nitrogens with zero attached hydrogens (tertiary/aromatic N) is 3. The zero-order chi connectivity index (χ0) is 32.2. The van der Waals surface area contributed by atoms with Gasteiger partial charge in [0.1, 0.15) is 5.82 Å². The first-order valence-corrected chi connectivity index (χ1v) is 15.7. The molecule has 2 aliphatic heterocycles. The van der Waals surface area contributed by atoms with Gasteiger partial charge in [-0.3, -0.25) is 19.3 Å². The summed E-state index contributed by atoms with van der Waals surface area (Å²) in [6.45, 7) is 0.773. The van der Waals surface area contributed by atoms with Gasteiger partial charge in [0.05, 0.1) is 41.3 Å². The van der Waals surface area contributed by atoms with Crippen molar-refractivity contribution >= 4 is 5.91 Å². The average Bonchev–Trinajstić information content (AvgIpc) is 3.87. The lowest BCUT2D eigenvalue weighted by molar-refractivity contribution is 0.0409. The summed E-state index contributed by atoms with van der Waals surface area (Å²) in [7, 11) is 0. The van der Waals surface area contributed by atoms with Crippen LogP contribution in [0, 0.1) is 17.5 Å². The van der Waals surface area contributed by atoms with Crippen molar-refractivity contribution < 1.29 is 27.2 Å².